The molecule has 66 valence electrons. The molecular weight excluding hydrogens is 140 g/mol. The molecule has 0 spiro atoms. The van der Waals surface area contributed by atoms with Crippen LogP contribution in [0.4, 0.5) is 0 Å². The number of aliphatic hydroxyl groups excluding tert-OH is 1. The molecule has 2 heteroatoms. The molecule has 0 radical (unpaired) electrons. The van der Waals surface area contributed by atoms with E-state index in [1.165, 1.54) is 0 Å². The van der Waals surface area contributed by atoms with Gasteiger partial charge in [0, 0.05) is 5.41 Å². The Balaban J connectivity index is 2.78. The SMILES string of the molecule is CCC1(C)OCC(C)(C)C1O. The number of rotatable bonds is 1. The Bertz CT molecular complexity index is 154. The van der Waals surface area contributed by atoms with E-state index >= 15 is 0 Å². The quantitative estimate of drug-likeness (QED) is 0.627. The van der Waals surface area contributed by atoms with Gasteiger partial charge in [-0.05, 0) is 13.3 Å². The summed E-state index contributed by atoms with van der Waals surface area (Å²) in [6.45, 7) is 8.77. The van der Waals surface area contributed by atoms with Crippen LogP contribution >= 0.6 is 0 Å². The summed E-state index contributed by atoms with van der Waals surface area (Å²) >= 11 is 0. The Morgan fingerprint density at radius 1 is 1.45 bits per heavy atom. The third kappa shape index (κ3) is 1.30. The highest BCUT2D eigenvalue weighted by atomic mass is 16.5. The Labute approximate surface area is 68.6 Å². The van der Waals surface area contributed by atoms with Crippen molar-refractivity contribution in [1.82, 2.24) is 0 Å². The fourth-order valence-electron chi connectivity index (χ4n) is 1.63. The zero-order chi connectivity index (χ0) is 8.70. The normalized spacial score (nSPS) is 42.8. The van der Waals surface area contributed by atoms with Gasteiger partial charge in [0.2, 0.25) is 0 Å². The summed E-state index contributed by atoms with van der Waals surface area (Å²) in [7, 11) is 0. The van der Waals surface area contributed by atoms with E-state index in [0.717, 1.165) is 6.42 Å². The minimum absolute atomic E-state index is 0.0786. The Morgan fingerprint density at radius 2 is 2.00 bits per heavy atom. The largest absolute Gasteiger partial charge is 0.389 e. The van der Waals surface area contributed by atoms with Gasteiger partial charge in [0.15, 0.2) is 0 Å². The van der Waals surface area contributed by atoms with Crippen molar-refractivity contribution in [2.75, 3.05) is 6.61 Å². The molecule has 1 aliphatic rings. The topological polar surface area (TPSA) is 29.5 Å². The van der Waals surface area contributed by atoms with Crippen LogP contribution in [-0.2, 0) is 4.74 Å². The molecule has 0 aromatic carbocycles. The average molecular weight is 158 g/mol. The summed E-state index contributed by atoms with van der Waals surface area (Å²) in [5, 5.41) is 9.85. The molecule has 1 N–H and O–H groups in total. The third-order valence-corrected chi connectivity index (χ3v) is 2.79. The van der Waals surface area contributed by atoms with Crippen LogP contribution in [-0.4, -0.2) is 23.4 Å². The molecule has 2 unspecified atom stereocenters. The summed E-state index contributed by atoms with van der Waals surface area (Å²) in [5.74, 6) is 0. The molecule has 0 aromatic heterocycles. The summed E-state index contributed by atoms with van der Waals surface area (Å²) in [6.07, 6.45) is 0.539. The summed E-state index contributed by atoms with van der Waals surface area (Å²) in [5.41, 5.74) is -0.395. The molecule has 1 fully saturated rings. The van der Waals surface area contributed by atoms with Crippen LogP contribution in [0.2, 0.25) is 0 Å². The van der Waals surface area contributed by atoms with Crippen molar-refractivity contribution in [3.05, 3.63) is 0 Å². The lowest BCUT2D eigenvalue weighted by Crippen LogP contribution is -2.41. The molecule has 2 atom stereocenters. The van der Waals surface area contributed by atoms with E-state index in [4.69, 9.17) is 4.74 Å². The minimum atomic E-state index is -0.333. The highest BCUT2D eigenvalue weighted by molar-refractivity contribution is 4.98. The monoisotopic (exact) mass is 158 g/mol. The number of aliphatic hydroxyl groups is 1. The fraction of sp³-hybridized carbons (Fsp3) is 1.00. The van der Waals surface area contributed by atoms with Gasteiger partial charge in [-0.15, -0.1) is 0 Å². The maximum atomic E-state index is 9.85. The van der Waals surface area contributed by atoms with Crippen molar-refractivity contribution in [2.45, 2.75) is 45.8 Å². The molecule has 0 aliphatic carbocycles. The van der Waals surface area contributed by atoms with Crippen molar-refractivity contribution in [3.8, 4) is 0 Å². The first-order valence-corrected chi connectivity index (χ1v) is 4.24. The van der Waals surface area contributed by atoms with Crippen LogP contribution in [0, 0.1) is 5.41 Å². The molecule has 1 aliphatic heterocycles. The van der Waals surface area contributed by atoms with Crippen LogP contribution in [0.3, 0.4) is 0 Å². The van der Waals surface area contributed by atoms with E-state index in [1.54, 1.807) is 0 Å². The van der Waals surface area contributed by atoms with E-state index in [0.29, 0.717) is 6.61 Å². The van der Waals surface area contributed by atoms with Crippen LogP contribution in [0.25, 0.3) is 0 Å². The van der Waals surface area contributed by atoms with Crippen molar-refractivity contribution < 1.29 is 9.84 Å². The molecule has 0 bridgehead atoms. The van der Waals surface area contributed by atoms with Gasteiger partial charge in [0.05, 0.1) is 18.3 Å². The smallest absolute Gasteiger partial charge is 0.0916 e. The zero-order valence-corrected chi connectivity index (χ0v) is 7.85. The first kappa shape index (κ1) is 9.01. The second-order valence-corrected chi connectivity index (χ2v) is 4.35. The van der Waals surface area contributed by atoms with Gasteiger partial charge in [-0.1, -0.05) is 20.8 Å². The second-order valence-electron chi connectivity index (χ2n) is 4.35. The van der Waals surface area contributed by atoms with Gasteiger partial charge >= 0.3 is 0 Å². The van der Waals surface area contributed by atoms with Crippen molar-refractivity contribution >= 4 is 0 Å². The highest BCUT2D eigenvalue weighted by Crippen LogP contribution is 2.40. The van der Waals surface area contributed by atoms with E-state index < -0.39 is 0 Å². The maximum absolute atomic E-state index is 9.85. The van der Waals surface area contributed by atoms with Crippen LogP contribution in [0.5, 0.6) is 0 Å². The molecule has 2 nitrogen and oxygen atoms in total. The molecule has 1 heterocycles. The number of ether oxygens (including phenoxy) is 1. The Hall–Kier alpha value is -0.0800. The van der Waals surface area contributed by atoms with E-state index in [-0.39, 0.29) is 17.1 Å². The van der Waals surface area contributed by atoms with Crippen LogP contribution in [0.15, 0.2) is 0 Å². The van der Waals surface area contributed by atoms with Crippen LogP contribution < -0.4 is 0 Å². The molecule has 0 saturated carbocycles. The summed E-state index contributed by atoms with van der Waals surface area (Å²) in [6, 6.07) is 0. The van der Waals surface area contributed by atoms with Crippen LogP contribution in [0.1, 0.15) is 34.1 Å². The third-order valence-electron chi connectivity index (χ3n) is 2.79. The predicted octanol–water partition coefficient (Wildman–Crippen LogP) is 1.57. The van der Waals surface area contributed by atoms with Crippen molar-refractivity contribution in [1.29, 1.82) is 0 Å². The zero-order valence-electron chi connectivity index (χ0n) is 7.85. The lowest BCUT2D eigenvalue weighted by atomic mass is 9.81. The van der Waals surface area contributed by atoms with Crippen molar-refractivity contribution in [3.63, 3.8) is 0 Å². The molecule has 11 heavy (non-hydrogen) atoms. The highest BCUT2D eigenvalue weighted by Gasteiger charge is 2.49. The minimum Gasteiger partial charge on any atom is -0.389 e. The summed E-state index contributed by atoms with van der Waals surface area (Å²) < 4.78 is 5.57. The van der Waals surface area contributed by atoms with Gasteiger partial charge in [-0.2, -0.15) is 0 Å². The average Bonchev–Trinajstić information content (AvgIpc) is 2.16. The lowest BCUT2D eigenvalue weighted by Gasteiger charge is -2.29. The molecular formula is C9H18O2. The Kier molecular flexibility index (Phi) is 2.01. The Morgan fingerprint density at radius 3 is 2.18 bits per heavy atom. The van der Waals surface area contributed by atoms with E-state index in [2.05, 4.69) is 0 Å². The van der Waals surface area contributed by atoms with Gasteiger partial charge in [-0.3, -0.25) is 0 Å². The molecule has 1 rings (SSSR count). The van der Waals surface area contributed by atoms with E-state index in [9.17, 15) is 5.11 Å². The maximum Gasteiger partial charge on any atom is 0.0916 e. The fourth-order valence-corrected chi connectivity index (χ4v) is 1.63. The standard InChI is InChI=1S/C9H18O2/c1-5-9(4)7(10)8(2,3)6-11-9/h7,10H,5-6H2,1-4H3. The first-order chi connectivity index (χ1) is 4.92. The predicted molar refractivity (Wildman–Crippen MR) is 44.4 cm³/mol. The first-order valence-electron chi connectivity index (χ1n) is 4.24. The summed E-state index contributed by atoms with van der Waals surface area (Å²) in [4.78, 5) is 0. The second kappa shape index (κ2) is 2.46. The molecule has 1 saturated heterocycles. The molecule has 0 aromatic rings. The van der Waals surface area contributed by atoms with Gasteiger partial charge in [0.1, 0.15) is 0 Å². The van der Waals surface area contributed by atoms with Crippen molar-refractivity contribution in [2.24, 2.45) is 5.41 Å². The molecule has 0 amide bonds. The number of hydrogen-bond acceptors (Lipinski definition) is 2. The van der Waals surface area contributed by atoms with Gasteiger partial charge in [0.25, 0.3) is 0 Å². The van der Waals surface area contributed by atoms with E-state index in [1.807, 2.05) is 27.7 Å². The number of hydrogen-bond donors (Lipinski definition) is 1. The lowest BCUT2D eigenvalue weighted by molar-refractivity contribution is -0.0515. The van der Waals surface area contributed by atoms with Gasteiger partial charge in [-0.25, -0.2) is 0 Å². The van der Waals surface area contributed by atoms with Gasteiger partial charge < -0.3 is 9.84 Å².